The van der Waals surface area contributed by atoms with Crippen molar-refractivity contribution in [1.82, 2.24) is 9.80 Å². The van der Waals surface area contributed by atoms with Crippen molar-refractivity contribution >= 4 is 52.8 Å². The van der Waals surface area contributed by atoms with E-state index < -0.39 is 22.3 Å². The third kappa shape index (κ3) is 2.69. The van der Waals surface area contributed by atoms with Crippen LogP contribution >= 0.6 is 0 Å². The molecule has 1 N–H and O–H groups in total. The lowest BCUT2D eigenvalue weighted by Gasteiger charge is -2.26. The first-order valence-corrected chi connectivity index (χ1v) is 8.04. The molecular formula is C19H13N4O5+. The van der Waals surface area contributed by atoms with Crippen LogP contribution in [0.1, 0.15) is 11.1 Å². The number of aryl methyl sites for hydroxylation is 2. The Balaban J connectivity index is 2.38. The highest BCUT2D eigenvalue weighted by molar-refractivity contribution is 6.51. The molecule has 9 heteroatoms. The Kier molecular flexibility index (Phi) is 4.65. The zero-order chi connectivity index (χ0) is 20.5. The summed E-state index contributed by atoms with van der Waals surface area (Å²) in [7, 11) is 0. The van der Waals surface area contributed by atoms with Crippen molar-refractivity contribution in [2.45, 2.75) is 13.8 Å². The quantitative estimate of drug-likeness (QED) is 0.289. The molecule has 0 bridgehead atoms. The van der Waals surface area contributed by atoms with Crippen molar-refractivity contribution in [3.05, 3.63) is 47.5 Å². The highest BCUT2D eigenvalue weighted by Crippen LogP contribution is 2.42. The lowest BCUT2D eigenvalue weighted by Crippen LogP contribution is -2.50. The van der Waals surface area contributed by atoms with E-state index >= 15 is 0 Å². The van der Waals surface area contributed by atoms with Crippen LogP contribution in [0.4, 0.5) is 27.5 Å². The van der Waals surface area contributed by atoms with Crippen LogP contribution in [-0.4, -0.2) is 30.0 Å². The number of nitrogens with one attached hydrogen (secondary N) is 1. The van der Waals surface area contributed by atoms with Gasteiger partial charge < -0.3 is 0 Å². The first-order valence-electron chi connectivity index (χ1n) is 8.04. The molecule has 1 saturated heterocycles. The molecule has 1 fully saturated rings. The maximum atomic E-state index is 12.9. The molecule has 4 amide bonds. The molecule has 28 heavy (non-hydrogen) atoms. The molecule has 1 aliphatic rings. The summed E-state index contributed by atoms with van der Waals surface area (Å²) < 4.78 is -1.11. The minimum Gasteiger partial charge on any atom is -0.258 e. The zero-order valence-corrected chi connectivity index (χ0v) is 14.8. The van der Waals surface area contributed by atoms with E-state index in [4.69, 9.17) is 0 Å². The second kappa shape index (κ2) is 6.94. The van der Waals surface area contributed by atoms with Crippen molar-refractivity contribution in [1.29, 1.82) is 0 Å². The number of imide groups is 2. The molecule has 9 nitrogen and oxygen atoms in total. The number of carbonyl (C=O) groups is 3. The molecule has 0 saturated carbocycles. The van der Waals surface area contributed by atoms with E-state index in [0.717, 1.165) is 0 Å². The van der Waals surface area contributed by atoms with Gasteiger partial charge in [0.15, 0.2) is 11.4 Å². The Morgan fingerprint density at radius 1 is 0.821 bits per heavy atom. The van der Waals surface area contributed by atoms with Crippen LogP contribution in [0.15, 0.2) is 46.4 Å². The first kappa shape index (κ1) is 18.8. The predicted molar refractivity (Wildman–Crippen MR) is 97.9 cm³/mol. The van der Waals surface area contributed by atoms with Crippen LogP contribution in [0, 0.1) is 13.8 Å². The molecule has 2 aromatic carbocycles. The summed E-state index contributed by atoms with van der Waals surface area (Å²) in [4.78, 5) is 66.3. The molecule has 0 unspecified atom stereocenters. The topological polar surface area (TPSA) is 122 Å². The molecule has 0 radical (unpaired) electrons. The summed E-state index contributed by atoms with van der Waals surface area (Å²) in [6.45, 7) is 3.37. The minimum atomic E-state index is -1.11. The predicted octanol–water partition coefficient (Wildman–Crippen LogP) is 2.65. The van der Waals surface area contributed by atoms with Gasteiger partial charge in [-0.25, -0.2) is 24.5 Å². The maximum Gasteiger partial charge on any atom is 0.442 e. The standard InChI is InChI=1S/C19H12N4O5/c1-11-3-5-13(7-15(11)20-9-24)23(18(27)17(26)22-19(23)28)14-6-4-12(2)16(8-14)21-10-25/h3-8H,1-2H3/p+1. The van der Waals surface area contributed by atoms with E-state index in [1.54, 1.807) is 26.0 Å². The maximum absolute atomic E-state index is 12.9. The van der Waals surface area contributed by atoms with Crippen molar-refractivity contribution < 1.29 is 24.0 Å². The SMILES string of the molecule is Cc1ccc([N+]2(c3ccc(C)c(N=C=O)c3)C(=O)NC(=O)C2=O)cc1N=C=O. The van der Waals surface area contributed by atoms with Gasteiger partial charge in [0.05, 0.1) is 11.4 Å². The van der Waals surface area contributed by atoms with Crippen LogP contribution in [0.5, 0.6) is 0 Å². The Hall–Kier alpha value is -4.03. The van der Waals surface area contributed by atoms with Gasteiger partial charge in [0.2, 0.25) is 12.2 Å². The zero-order valence-electron chi connectivity index (χ0n) is 14.8. The average Bonchev–Trinajstić information content (AvgIpc) is 2.89. The molecule has 1 aliphatic heterocycles. The van der Waals surface area contributed by atoms with Gasteiger partial charge in [0.1, 0.15) is 0 Å². The average molecular weight is 377 g/mol. The highest BCUT2D eigenvalue weighted by Gasteiger charge is 2.60. The molecule has 0 aromatic heterocycles. The number of hydrogen-bond donors (Lipinski definition) is 1. The van der Waals surface area contributed by atoms with Gasteiger partial charge in [0.25, 0.3) is 0 Å². The minimum absolute atomic E-state index is 0.0952. The van der Waals surface area contributed by atoms with Gasteiger partial charge in [-0.15, -0.1) is 4.48 Å². The molecule has 1 heterocycles. The largest absolute Gasteiger partial charge is 0.442 e. The molecule has 0 spiro atoms. The van der Waals surface area contributed by atoms with Gasteiger partial charge in [-0.2, -0.15) is 9.98 Å². The fraction of sp³-hybridized carbons (Fsp3) is 0.105. The monoisotopic (exact) mass is 377 g/mol. The Labute approximate surface area is 158 Å². The number of hydrogen-bond acceptors (Lipinski definition) is 7. The van der Waals surface area contributed by atoms with Gasteiger partial charge in [-0.05, 0) is 25.0 Å². The Bertz CT molecular complexity index is 1070. The van der Waals surface area contributed by atoms with E-state index in [1.807, 2.05) is 5.32 Å². The number of isocyanates is 2. The van der Waals surface area contributed by atoms with Crippen LogP contribution in [0.3, 0.4) is 0 Å². The summed E-state index contributed by atoms with van der Waals surface area (Å²) in [6.07, 6.45) is 2.83. The Morgan fingerprint density at radius 2 is 1.29 bits per heavy atom. The van der Waals surface area contributed by atoms with Crippen LogP contribution in [-0.2, 0) is 19.2 Å². The van der Waals surface area contributed by atoms with Gasteiger partial charge in [0, 0.05) is 24.3 Å². The summed E-state index contributed by atoms with van der Waals surface area (Å²) in [5, 5.41) is 2.02. The molecular weight excluding hydrogens is 364 g/mol. The summed E-state index contributed by atoms with van der Waals surface area (Å²) in [5.41, 5.74) is 1.81. The highest BCUT2D eigenvalue weighted by atomic mass is 16.2. The van der Waals surface area contributed by atoms with Gasteiger partial charge >= 0.3 is 17.8 Å². The van der Waals surface area contributed by atoms with Crippen LogP contribution in [0.25, 0.3) is 0 Å². The van der Waals surface area contributed by atoms with Crippen molar-refractivity contribution in [3.8, 4) is 0 Å². The Morgan fingerprint density at radius 3 is 1.64 bits per heavy atom. The summed E-state index contributed by atoms with van der Waals surface area (Å²) in [5.74, 6) is -2.12. The fourth-order valence-corrected chi connectivity index (χ4v) is 3.05. The number of amides is 4. The third-order valence-electron chi connectivity index (χ3n) is 4.52. The third-order valence-corrected chi connectivity index (χ3v) is 4.52. The van der Waals surface area contributed by atoms with E-state index in [0.29, 0.717) is 11.1 Å². The lowest BCUT2D eigenvalue weighted by atomic mass is 10.1. The first-order chi connectivity index (χ1) is 13.4. The lowest BCUT2D eigenvalue weighted by molar-refractivity contribution is -0.138. The second-order valence-corrected chi connectivity index (χ2v) is 6.08. The summed E-state index contributed by atoms with van der Waals surface area (Å²) >= 11 is 0. The van der Waals surface area contributed by atoms with E-state index in [-0.39, 0.29) is 22.7 Å². The summed E-state index contributed by atoms with van der Waals surface area (Å²) in [6, 6.07) is 7.92. The van der Waals surface area contributed by atoms with Crippen molar-refractivity contribution in [2.24, 2.45) is 9.98 Å². The number of aliphatic imine (C=N–C) groups is 2. The molecule has 0 atom stereocenters. The number of nitrogens with zero attached hydrogens (tertiary/aromatic N) is 3. The van der Waals surface area contributed by atoms with Gasteiger partial charge in [-0.1, -0.05) is 12.1 Å². The molecule has 138 valence electrons. The number of carbonyl (C=O) groups excluding carboxylic acids is 5. The molecule has 3 rings (SSSR count). The number of urea groups is 1. The second-order valence-electron chi connectivity index (χ2n) is 6.08. The van der Waals surface area contributed by atoms with Crippen molar-refractivity contribution in [2.75, 3.05) is 0 Å². The molecule has 0 aliphatic carbocycles. The normalized spacial score (nSPS) is 18.3. The smallest absolute Gasteiger partial charge is 0.258 e. The number of benzene rings is 2. The van der Waals surface area contributed by atoms with Crippen LogP contribution < -0.4 is 9.80 Å². The van der Waals surface area contributed by atoms with E-state index in [1.165, 1.54) is 36.4 Å². The van der Waals surface area contributed by atoms with E-state index in [2.05, 4.69) is 9.98 Å². The van der Waals surface area contributed by atoms with Crippen LogP contribution in [0.2, 0.25) is 0 Å². The molecule has 2 aromatic rings. The number of rotatable bonds is 4. The van der Waals surface area contributed by atoms with Crippen molar-refractivity contribution in [3.63, 3.8) is 0 Å². The fourth-order valence-electron chi connectivity index (χ4n) is 3.05. The van der Waals surface area contributed by atoms with Gasteiger partial charge in [-0.3, -0.25) is 4.79 Å². The van der Waals surface area contributed by atoms with E-state index in [9.17, 15) is 24.0 Å². The number of quaternary nitrogens is 1.